The number of carbonyl (C=O) groups excluding carboxylic acids is 2. The van der Waals surface area contributed by atoms with E-state index >= 15 is 0 Å². The number of rotatable bonds is 5. The van der Waals surface area contributed by atoms with Gasteiger partial charge in [-0.25, -0.2) is 0 Å². The number of nitrogens with zero attached hydrogens (tertiary/aromatic N) is 1. The Hall–Kier alpha value is -1.46. The standard InChI is InChI=1S/C12H19NO5/c1-18-11(15)7-5-9-12(13(16)17)8-4-2-3-6-10(12)14/h2-9H2,1H3. The van der Waals surface area contributed by atoms with Crippen molar-refractivity contribution in [3.05, 3.63) is 10.1 Å². The molecule has 0 aromatic carbocycles. The first-order valence-corrected chi connectivity index (χ1v) is 6.27. The summed E-state index contributed by atoms with van der Waals surface area (Å²) in [5.41, 5.74) is -1.47. The zero-order valence-corrected chi connectivity index (χ0v) is 10.6. The first kappa shape index (κ1) is 14.6. The number of hydrogen-bond donors (Lipinski definition) is 0. The number of methoxy groups -OCH3 is 1. The number of hydrogen-bond acceptors (Lipinski definition) is 5. The molecule has 6 heteroatoms. The first-order valence-electron chi connectivity index (χ1n) is 6.27. The van der Waals surface area contributed by atoms with E-state index in [1.807, 2.05) is 0 Å². The number of esters is 1. The van der Waals surface area contributed by atoms with Crippen molar-refractivity contribution in [2.24, 2.45) is 0 Å². The van der Waals surface area contributed by atoms with E-state index in [9.17, 15) is 19.7 Å². The molecule has 0 amide bonds. The third kappa shape index (κ3) is 3.27. The number of Topliss-reactive ketones (excluding diaryl/α,β-unsaturated/α-hetero) is 1. The van der Waals surface area contributed by atoms with Gasteiger partial charge in [-0.3, -0.25) is 19.7 Å². The second-order valence-corrected chi connectivity index (χ2v) is 4.70. The molecule has 1 saturated carbocycles. The van der Waals surface area contributed by atoms with Gasteiger partial charge in [0.1, 0.15) is 0 Å². The van der Waals surface area contributed by atoms with Crippen molar-refractivity contribution in [2.45, 2.75) is 56.9 Å². The third-order valence-corrected chi connectivity index (χ3v) is 3.56. The summed E-state index contributed by atoms with van der Waals surface area (Å²) < 4.78 is 4.49. The molecule has 0 heterocycles. The van der Waals surface area contributed by atoms with Gasteiger partial charge >= 0.3 is 5.97 Å². The maximum Gasteiger partial charge on any atom is 0.305 e. The molecule has 1 rings (SSSR count). The molecule has 102 valence electrons. The highest BCUT2D eigenvalue weighted by molar-refractivity contribution is 5.87. The Morgan fingerprint density at radius 3 is 2.78 bits per heavy atom. The van der Waals surface area contributed by atoms with Crippen molar-refractivity contribution in [2.75, 3.05) is 7.11 Å². The molecular formula is C12H19NO5. The highest BCUT2D eigenvalue weighted by Gasteiger charge is 2.49. The molecule has 0 saturated heterocycles. The molecule has 0 aromatic heterocycles. The monoisotopic (exact) mass is 257 g/mol. The van der Waals surface area contributed by atoms with Crippen molar-refractivity contribution in [3.8, 4) is 0 Å². The molecule has 1 fully saturated rings. The topological polar surface area (TPSA) is 86.5 Å². The van der Waals surface area contributed by atoms with Crippen LogP contribution in [0.2, 0.25) is 0 Å². The maximum atomic E-state index is 12.0. The highest BCUT2D eigenvalue weighted by Crippen LogP contribution is 2.31. The van der Waals surface area contributed by atoms with E-state index in [1.165, 1.54) is 7.11 Å². The molecule has 6 nitrogen and oxygen atoms in total. The molecule has 1 aliphatic rings. The predicted octanol–water partition coefficient (Wildman–Crippen LogP) is 1.88. The van der Waals surface area contributed by atoms with Crippen LogP contribution in [0.3, 0.4) is 0 Å². The minimum Gasteiger partial charge on any atom is -0.469 e. The van der Waals surface area contributed by atoms with E-state index in [0.29, 0.717) is 19.3 Å². The summed E-state index contributed by atoms with van der Waals surface area (Å²) in [5, 5.41) is 11.3. The average Bonchev–Trinajstić information content (AvgIpc) is 2.52. The fourth-order valence-electron chi connectivity index (χ4n) is 2.43. The van der Waals surface area contributed by atoms with E-state index in [0.717, 1.165) is 12.8 Å². The lowest BCUT2D eigenvalue weighted by Gasteiger charge is -2.22. The van der Waals surface area contributed by atoms with E-state index in [-0.39, 0.29) is 25.0 Å². The summed E-state index contributed by atoms with van der Waals surface area (Å²) in [4.78, 5) is 33.8. The second-order valence-electron chi connectivity index (χ2n) is 4.70. The normalized spacial score (nSPS) is 24.4. The molecular weight excluding hydrogens is 238 g/mol. The zero-order valence-electron chi connectivity index (χ0n) is 10.6. The quantitative estimate of drug-likeness (QED) is 0.325. The molecule has 1 atom stereocenters. The summed E-state index contributed by atoms with van der Waals surface area (Å²) in [7, 11) is 1.28. The van der Waals surface area contributed by atoms with Gasteiger partial charge in [0.15, 0.2) is 0 Å². The van der Waals surface area contributed by atoms with E-state index in [1.54, 1.807) is 0 Å². The summed E-state index contributed by atoms with van der Waals surface area (Å²) >= 11 is 0. The largest absolute Gasteiger partial charge is 0.469 e. The van der Waals surface area contributed by atoms with E-state index in [4.69, 9.17) is 0 Å². The molecule has 0 bridgehead atoms. The number of carbonyl (C=O) groups is 2. The van der Waals surface area contributed by atoms with Gasteiger partial charge in [-0.2, -0.15) is 0 Å². The Labute approximate surface area is 106 Å². The fraction of sp³-hybridized carbons (Fsp3) is 0.833. The Morgan fingerprint density at radius 1 is 1.44 bits per heavy atom. The van der Waals surface area contributed by atoms with Crippen LogP contribution in [0.1, 0.15) is 51.4 Å². The molecule has 0 spiro atoms. The molecule has 18 heavy (non-hydrogen) atoms. The second kappa shape index (κ2) is 6.47. The van der Waals surface area contributed by atoms with Crippen LogP contribution in [0.5, 0.6) is 0 Å². The lowest BCUT2D eigenvalue weighted by molar-refractivity contribution is -0.554. The average molecular weight is 257 g/mol. The molecule has 1 aliphatic carbocycles. The van der Waals surface area contributed by atoms with Gasteiger partial charge in [-0.15, -0.1) is 0 Å². The van der Waals surface area contributed by atoms with Crippen LogP contribution in [0.4, 0.5) is 0 Å². The molecule has 0 radical (unpaired) electrons. The molecule has 0 N–H and O–H groups in total. The zero-order chi connectivity index (χ0) is 13.6. The van der Waals surface area contributed by atoms with Crippen molar-refractivity contribution in [1.82, 2.24) is 0 Å². The molecule has 1 unspecified atom stereocenters. The summed E-state index contributed by atoms with van der Waals surface area (Å²) in [6.07, 6.45) is 3.43. The molecule has 0 aromatic rings. The van der Waals surface area contributed by atoms with Crippen LogP contribution in [0.15, 0.2) is 0 Å². The number of ketones is 1. The van der Waals surface area contributed by atoms with Crippen LogP contribution in [-0.2, 0) is 14.3 Å². The number of ether oxygens (including phenoxy) is 1. The van der Waals surface area contributed by atoms with Gasteiger partial charge in [0.05, 0.1) is 7.11 Å². The Morgan fingerprint density at radius 2 is 2.17 bits per heavy atom. The van der Waals surface area contributed by atoms with Crippen LogP contribution >= 0.6 is 0 Å². The van der Waals surface area contributed by atoms with Crippen LogP contribution in [-0.4, -0.2) is 29.3 Å². The van der Waals surface area contributed by atoms with Crippen molar-refractivity contribution in [1.29, 1.82) is 0 Å². The Balaban J connectivity index is 2.70. The third-order valence-electron chi connectivity index (χ3n) is 3.56. The minimum atomic E-state index is -1.47. The van der Waals surface area contributed by atoms with Gasteiger partial charge in [-0.05, 0) is 19.3 Å². The highest BCUT2D eigenvalue weighted by atomic mass is 16.6. The van der Waals surface area contributed by atoms with E-state index in [2.05, 4.69) is 4.74 Å². The number of nitro groups is 1. The fourth-order valence-corrected chi connectivity index (χ4v) is 2.43. The lowest BCUT2D eigenvalue weighted by atomic mass is 9.84. The Bertz CT molecular complexity index is 341. The minimum absolute atomic E-state index is 0.124. The molecule has 0 aliphatic heterocycles. The van der Waals surface area contributed by atoms with Crippen molar-refractivity contribution in [3.63, 3.8) is 0 Å². The van der Waals surface area contributed by atoms with Crippen molar-refractivity contribution < 1.29 is 19.2 Å². The smallest absolute Gasteiger partial charge is 0.305 e. The summed E-state index contributed by atoms with van der Waals surface area (Å²) in [6, 6.07) is 0. The van der Waals surface area contributed by atoms with Crippen LogP contribution in [0.25, 0.3) is 0 Å². The van der Waals surface area contributed by atoms with Gasteiger partial charge < -0.3 is 4.74 Å². The van der Waals surface area contributed by atoms with Gasteiger partial charge in [0.2, 0.25) is 5.78 Å². The van der Waals surface area contributed by atoms with Gasteiger partial charge in [0.25, 0.3) is 5.54 Å². The van der Waals surface area contributed by atoms with Crippen molar-refractivity contribution >= 4 is 11.8 Å². The van der Waals surface area contributed by atoms with Gasteiger partial charge in [0, 0.05) is 30.6 Å². The maximum absolute atomic E-state index is 12.0. The van der Waals surface area contributed by atoms with Crippen LogP contribution < -0.4 is 0 Å². The van der Waals surface area contributed by atoms with E-state index < -0.39 is 16.4 Å². The lowest BCUT2D eigenvalue weighted by Crippen LogP contribution is -2.45. The van der Waals surface area contributed by atoms with Gasteiger partial charge in [-0.1, -0.05) is 6.42 Å². The Kier molecular flexibility index (Phi) is 5.25. The summed E-state index contributed by atoms with van der Waals surface area (Å²) in [6.45, 7) is 0. The predicted molar refractivity (Wildman–Crippen MR) is 63.7 cm³/mol. The first-order chi connectivity index (χ1) is 8.53. The summed E-state index contributed by atoms with van der Waals surface area (Å²) in [5.74, 6) is -0.676. The van der Waals surface area contributed by atoms with Crippen LogP contribution in [0, 0.1) is 10.1 Å². The SMILES string of the molecule is COC(=O)CCCC1([N+](=O)[O-])CCCCCC1=O.